The van der Waals surface area contributed by atoms with Crippen LogP contribution in [0.25, 0.3) is 0 Å². The van der Waals surface area contributed by atoms with Crippen molar-refractivity contribution in [2.45, 2.75) is 6.92 Å². The third-order valence-corrected chi connectivity index (χ3v) is 4.01. The number of para-hydroxylation sites is 1. The van der Waals surface area contributed by atoms with Crippen LogP contribution in [0.1, 0.15) is 6.92 Å². The predicted molar refractivity (Wildman–Crippen MR) is 105 cm³/mol. The van der Waals surface area contributed by atoms with Gasteiger partial charge in [0.2, 0.25) is 0 Å². The van der Waals surface area contributed by atoms with Gasteiger partial charge in [0, 0.05) is 17.1 Å². The second-order valence-corrected chi connectivity index (χ2v) is 5.92. The Balaban J connectivity index is 1.69. The second kappa shape index (κ2) is 7.65. The number of nitrogens with zero attached hydrogens (tertiary/aromatic N) is 1. The summed E-state index contributed by atoms with van der Waals surface area (Å²) >= 11 is 0. The number of ether oxygens (including phenoxy) is 1. The van der Waals surface area contributed by atoms with Crippen LogP contribution in [0.5, 0.6) is 0 Å². The average molecular weight is 350 g/mol. The lowest BCUT2D eigenvalue weighted by Crippen LogP contribution is -2.34. The first kappa shape index (κ1) is 17.4. The third kappa shape index (κ3) is 3.97. The highest BCUT2D eigenvalue weighted by Crippen LogP contribution is 2.28. The van der Waals surface area contributed by atoms with E-state index in [0.717, 1.165) is 22.8 Å². The van der Waals surface area contributed by atoms with Crippen LogP contribution < -0.4 is 21.3 Å². The van der Waals surface area contributed by atoms with E-state index in [1.165, 1.54) is 0 Å². The molecule has 3 rings (SSSR count). The lowest BCUT2D eigenvalue weighted by Gasteiger charge is -2.33. The van der Waals surface area contributed by atoms with E-state index in [2.05, 4.69) is 22.1 Å². The Morgan fingerprint density at radius 3 is 2.31 bits per heavy atom. The highest BCUT2D eigenvalue weighted by molar-refractivity contribution is 5.99. The van der Waals surface area contributed by atoms with Gasteiger partial charge in [-0.25, -0.2) is 4.79 Å². The molecule has 2 amide bonds. The molecule has 0 atom stereocenters. The number of amides is 2. The normalized spacial score (nSPS) is 13.8. The number of hydrogen-bond acceptors (Lipinski definition) is 4. The zero-order valence-electron chi connectivity index (χ0n) is 14.7. The molecule has 0 bridgehead atoms. The summed E-state index contributed by atoms with van der Waals surface area (Å²) in [6, 6.07) is 16.6. The van der Waals surface area contributed by atoms with Gasteiger partial charge in [-0.3, -0.25) is 0 Å². The van der Waals surface area contributed by atoms with E-state index in [9.17, 15) is 4.79 Å². The van der Waals surface area contributed by atoms with Gasteiger partial charge in [0.1, 0.15) is 18.1 Å². The number of nitrogens with one attached hydrogen (secondary N) is 2. The summed E-state index contributed by atoms with van der Waals surface area (Å²) in [5.41, 5.74) is 9.57. The van der Waals surface area contributed by atoms with E-state index in [1.807, 2.05) is 61.5 Å². The van der Waals surface area contributed by atoms with Crippen molar-refractivity contribution in [2.24, 2.45) is 5.73 Å². The SMILES string of the molecule is C=C(N)C1=C(C)OCCN1c1ccc(NC(=O)Nc2ccccc2)cc1. The van der Waals surface area contributed by atoms with Gasteiger partial charge in [-0.2, -0.15) is 0 Å². The molecule has 6 nitrogen and oxygen atoms in total. The van der Waals surface area contributed by atoms with Crippen LogP contribution in [0.4, 0.5) is 21.9 Å². The van der Waals surface area contributed by atoms with Gasteiger partial charge in [-0.15, -0.1) is 0 Å². The maximum atomic E-state index is 12.1. The smallest absolute Gasteiger partial charge is 0.323 e. The highest BCUT2D eigenvalue weighted by atomic mass is 16.5. The van der Waals surface area contributed by atoms with Crippen molar-refractivity contribution in [3.05, 3.63) is 78.3 Å². The maximum absolute atomic E-state index is 12.1. The van der Waals surface area contributed by atoms with Crippen LogP contribution in [0.15, 0.2) is 78.3 Å². The monoisotopic (exact) mass is 350 g/mol. The fraction of sp³-hybridized carbons (Fsp3) is 0.150. The summed E-state index contributed by atoms with van der Waals surface area (Å²) in [5.74, 6) is 0.758. The Hall–Kier alpha value is -3.41. The molecule has 1 aliphatic heterocycles. The number of nitrogens with two attached hydrogens (primary N) is 1. The Kier molecular flexibility index (Phi) is 5.12. The summed E-state index contributed by atoms with van der Waals surface area (Å²) < 4.78 is 5.57. The molecule has 0 unspecified atom stereocenters. The minimum atomic E-state index is -0.290. The minimum Gasteiger partial charge on any atom is -0.494 e. The van der Waals surface area contributed by atoms with E-state index in [-0.39, 0.29) is 6.03 Å². The Labute approximate surface area is 152 Å². The summed E-state index contributed by atoms with van der Waals surface area (Å²) in [7, 11) is 0. The molecule has 1 aliphatic rings. The van der Waals surface area contributed by atoms with Gasteiger partial charge in [0.25, 0.3) is 0 Å². The zero-order chi connectivity index (χ0) is 18.5. The topological polar surface area (TPSA) is 79.6 Å². The first-order chi connectivity index (χ1) is 12.5. The molecule has 0 aliphatic carbocycles. The first-order valence-electron chi connectivity index (χ1n) is 8.33. The molecule has 2 aromatic rings. The number of urea groups is 1. The average Bonchev–Trinajstić information content (AvgIpc) is 2.62. The van der Waals surface area contributed by atoms with E-state index >= 15 is 0 Å². The lowest BCUT2D eigenvalue weighted by molar-refractivity contribution is 0.204. The Bertz CT molecular complexity index is 829. The summed E-state index contributed by atoms with van der Waals surface area (Å²) in [6.07, 6.45) is 0. The van der Waals surface area contributed by atoms with Gasteiger partial charge in [0.05, 0.1) is 12.2 Å². The lowest BCUT2D eigenvalue weighted by atomic mass is 10.2. The van der Waals surface area contributed by atoms with Crippen molar-refractivity contribution < 1.29 is 9.53 Å². The molecule has 4 N–H and O–H groups in total. The van der Waals surface area contributed by atoms with Crippen molar-refractivity contribution >= 4 is 23.1 Å². The molecule has 0 saturated carbocycles. The molecular weight excluding hydrogens is 328 g/mol. The number of benzene rings is 2. The number of carbonyl (C=O) groups excluding carboxylic acids is 1. The first-order valence-corrected chi connectivity index (χ1v) is 8.33. The molecule has 0 fully saturated rings. The number of allylic oxidation sites excluding steroid dienone is 1. The van der Waals surface area contributed by atoms with Crippen LogP contribution in [-0.4, -0.2) is 19.2 Å². The highest BCUT2D eigenvalue weighted by Gasteiger charge is 2.21. The van der Waals surface area contributed by atoms with Gasteiger partial charge in [0.15, 0.2) is 0 Å². The van der Waals surface area contributed by atoms with E-state index < -0.39 is 0 Å². The van der Waals surface area contributed by atoms with Crippen molar-refractivity contribution in [2.75, 3.05) is 28.7 Å². The second-order valence-electron chi connectivity index (χ2n) is 5.92. The number of rotatable bonds is 4. The standard InChI is InChI=1S/C20H22N4O2/c1-14(21)19-15(2)26-13-12-24(19)18-10-8-17(9-11-18)23-20(25)22-16-6-4-3-5-7-16/h3-11H,1,12-13,21H2,2H3,(H2,22,23,25). The molecular formula is C20H22N4O2. The summed E-state index contributed by atoms with van der Waals surface area (Å²) in [5, 5.41) is 5.60. The summed E-state index contributed by atoms with van der Waals surface area (Å²) in [6.45, 7) is 6.98. The Morgan fingerprint density at radius 1 is 1.08 bits per heavy atom. The van der Waals surface area contributed by atoms with Crippen LogP contribution in [-0.2, 0) is 4.74 Å². The minimum absolute atomic E-state index is 0.290. The van der Waals surface area contributed by atoms with Gasteiger partial charge in [-0.1, -0.05) is 24.8 Å². The fourth-order valence-corrected chi connectivity index (χ4v) is 2.86. The Morgan fingerprint density at radius 2 is 1.69 bits per heavy atom. The van der Waals surface area contributed by atoms with E-state index in [4.69, 9.17) is 10.5 Å². The predicted octanol–water partition coefficient (Wildman–Crippen LogP) is 3.87. The number of hydrogen-bond donors (Lipinski definition) is 3. The third-order valence-electron chi connectivity index (χ3n) is 4.01. The van der Waals surface area contributed by atoms with Gasteiger partial charge in [-0.05, 0) is 43.3 Å². The van der Waals surface area contributed by atoms with Gasteiger partial charge >= 0.3 is 6.03 Å². The molecule has 6 heteroatoms. The number of carbonyl (C=O) groups is 1. The quantitative estimate of drug-likeness (QED) is 0.782. The van der Waals surface area contributed by atoms with Crippen molar-refractivity contribution in [1.29, 1.82) is 0 Å². The molecule has 0 aromatic heterocycles. The zero-order valence-corrected chi connectivity index (χ0v) is 14.7. The van der Waals surface area contributed by atoms with Crippen molar-refractivity contribution in [3.63, 3.8) is 0 Å². The van der Waals surface area contributed by atoms with E-state index in [0.29, 0.717) is 24.5 Å². The molecule has 134 valence electrons. The molecule has 0 spiro atoms. The molecule has 26 heavy (non-hydrogen) atoms. The summed E-state index contributed by atoms with van der Waals surface area (Å²) in [4.78, 5) is 14.1. The largest absolute Gasteiger partial charge is 0.494 e. The maximum Gasteiger partial charge on any atom is 0.323 e. The molecule has 0 saturated heterocycles. The molecule has 0 radical (unpaired) electrons. The van der Waals surface area contributed by atoms with Crippen LogP contribution >= 0.6 is 0 Å². The van der Waals surface area contributed by atoms with Gasteiger partial charge < -0.3 is 26.0 Å². The van der Waals surface area contributed by atoms with E-state index in [1.54, 1.807) is 0 Å². The van der Waals surface area contributed by atoms with Crippen LogP contribution in [0.2, 0.25) is 0 Å². The van der Waals surface area contributed by atoms with Crippen molar-refractivity contribution in [3.8, 4) is 0 Å². The molecule has 2 aromatic carbocycles. The molecule has 1 heterocycles. The van der Waals surface area contributed by atoms with Crippen molar-refractivity contribution in [1.82, 2.24) is 0 Å². The number of anilines is 3. The fourth-order valence-electron chi connectivity index (χ4n) is 2.86. The van der Waals surface area contributed by atoms with Crippen LogP contribution in [0.3, 0.4) is 0 Å². The van der Waals surface area contributed by atoms with Crippen LogP contribution in [0, 0.1) is 0 Å².